The van der Waals surface area contributed by atoms with Crippen molar-refractivity contribution in [1.29, 1.82) is 0 Å². The highest BCUT2D eigenvalue weighted by Crippen LogP contribution is 2.01. The molecule has 0 bridgehead atoms. The molecule has 0 aromatic carbocycles. The smallest absolute Gasteiger partial charge is 0.0512 e. The summed E-state index contributed by atoms with van der Waals surface area (Å²) in [6.45, 7) is 6.57. The summed E-state index contributed by atoms with van der Waals surface area (Å²) in [6, 6.07) is 0. The van der Waals surface area contributed by atoms with Crippen molar-refractivity contribution >= 4 is 0 Å². The number of hydrogen-bond donors (Lipinski definition) is 2. The first-order valence-electron chi connectivity index (χ1n) is 6.97. The summed E-state index contributed by atoms with van der Waals surface area (Å²) in [7, 11) is 0. The molecule has 1 unspecified atom stereocenters. The van der Waals surface area contributed by atoms with Crippen LogP contribution in [-0.4, -0.2) is 22.9 Å². The lowest BCUT2D eigenvalue weighted by Gasteiger charge is -2.00. The minimum Gasteiger partial charge on any atom is -0.396 e. The fraction of sp³-hybridized carbons (Fsp3) is 1.00. The van der Waals surface area contributed by atoms with Crippen molar-refractivity contribution < 1.29 is 10.2 Å². The summed E-state index contributed by atoms with van der Waals surface area (Å²) < 4.78 is 0. The van der Waals surface area contributed by atoms with E-state index in [-0.39, 0.29) is 6.10 Å². The van der Waals surface area contributed by atoms with Crippen LogP contribution in [0.5, 0.6) is 0 Å². The molecule has 0 spiro atoms. The van der Waals surface area contributed by atoms with E-state index in [2.05, 4.69) is 13.8 Å². The SMILES string of the molecule is CCCCCC(C)O.CCCCCCCO. The van der Waals surface area contributed by atoms with E-state index in [0.717, 1.165) is 12.8 Å². The Morgan fingerprint density at radius 1 is 0.812 bits per heavy atom. The molecule has 2 heteroatoms. The second-order valence-electron chi connectivity index (χ2n) is 4.48. The molecule has 0 aliphatic carbocycles. The summed E-state index contributed by atoms with van der Waals surface area (Å²) in [4.78, 5) is 0. The molecule has 100 valence electrons. The van der Waals surface area contributed by atoms with Gasteiger partial charge in [-0.3, -0.25) is 0 Å². The highest BCUT2D eigenvalue weighted by Gasteiger charge is 1.92. The van der Waals surface area contributed by atoms with Gasteiger partial charge in [0, 0.05) is 6.61 Å². The van der Waals surface area contributed by atoms with E-state index in [1.807, 2.05) is 6.92 Å². The molecule has 1 atom stereocenters. The minimum absolute atomic E-state index is 0.0958. The first-order chi connectivity index (χ1) is 7.68. The Kier molecular flexibility index (Phi) is 19.8. The van der Waals surface area contributed by atoms with Crippen LogP contribution in [0.3, 0.4) is 0 Å². The van der Waals surface area contributed by atoms with E-state index in [1.165, 1.54) is 44.9 Å². The molecule has 0 saturated heterocycles. The number of aliphatic hydroxyl groups excluding tert-OH is 2. The Morgan fingerprint density at radius 2 is 1.31 bits per heavy atom. The van der Waals surface area contributed by atoms with E-state index < -0.39 is 0 Å². The van der Waals surface area contributed by atoms with E-state index in [0.29, 0.717) is 6.61 Å². The van der Waals surface area contributed by atoms with Crippen molar-refractivity contribution in [1.82, 2.24) is 0 Å². The summed E-state index contributed by atoms with van der Waals surface area (Å²) in [5, 5.41) is 17.1. The normalized spacial score (nSPS) is 11.8. The van der Waals surface area contributed by atoms with Crippen LogP contribution in [0, 0.1) is 0 Å². The van der Waals surface area contributed by atoms with Crippen molar-refractivity contribution in [3.8, 4) is 0 Å². The number of aliphatic hydroxyl groups is 2. The van der Waals surface area contributed by atoms with Gasteiger partial charge in [0.25, 0.3) is 0 Å². The average Bonchev–Trinajstić information content (AvgIpc) is 2.25. The van der Waals surface area contributed by atoms with Gasteiger partial charge in [-0.1, -0.05) is 58.8 Å². The third-order valence-corrected chi connectivity index (χ3v) is 2.49. The van der Waals surface area contributed by atoms with Crippen LogP contribution in [-0.2, 0) is 0 Å². The summed E-state index contributed by atoms with van der Waals surface area (Å²) in [6.07, 6.45) is 10.6. The Labute approximate surface area is 102 Å². The zero-order valence-corrected chi connectivity index (χ0v) is 11.5. The van der Waals surface area contributed by atoms with Crippen molar-refractivity contribution in [3.05, 3.63) is 0 Å². The van der Waals surface area contributed by atoms with Gasteiger partial charge in [-0.25, -0.2) is 0 Å². The minimum atomic E-state index is -0.0958. The molecule has 2 N–H and O–H groups in total. The largest absolute Gasteiger partial charge is 0.396 e. The molecule has 0 amide bonds. The molecule has 0 aromatic rings. The Bertz CT molecular complexity index is 96.9. The van der Waals surface area contributed by atoms with Crippen LogP contribution in [0.1, 0.15) is 78.6 Å². The lowest BCUT2D eigenvalue weighted by Crippen LogP contribution is -1.97. The summed E-state index contributed by atoms with van der Waals surface area (Å²) >= 11 is 0. The number of rotatable bonds is 9. The Hall–Kier alpha value is -0.0800. The van der Waals surface area contributed by atoms with Crippen LogP contribution in [0.15, 0.2) is 0 Å². The highest BCUT2D eigenvalue weighted by atomic mass is 16.3. The lowest BCUT2D eigenvalue weighted by molar-refractivity contribution is 0.180. The van der Waals surface area contributed by atoms with E-state index >= 15 is 0 Å². The first-order valence-corrected chi connectivity index (χ1v) is 6.97. The van der Waals surface area contributed by atoms with E-state index in [9.17, 15) is 0 Å². The molecule has 0 fully saturated rings. The Morgan fingerprint density at radius 3 is 1.75 bits per heavy atom. The maximum atomic E-state index is 8.78. The molecule has 0 radical (unpaired) electrons. The molecule has 0 aromatic heterocycles. The van der Waals surface area contributed by atoms with Gasteiger partial charge in [-0.15, -0.1) is 0 Å². The van der Waals surface area contributed by atoms with Gasteiger partial charge in [-0.2, -0.15) is 0 Å². The first kappa shape index (κ1) is 18.3. The van der Waals surface area contributed by atoms with Crippen LogP contribution in [0.2, 0.25) is 0 Å². The van der Waals surface area contributed by atoms with Gasteiger partial charge in [0.1, 0.15) is 0 Å². The second kappa shape index (κ2) is 17.3. The van der Waals surface area contributed by atoms with Crippen LogP contribution in [0.25, 0.3) is 0 Å². The number of unbranched alkanes of at least 4 members (excludes halogenated alkanes) is 6. The summed E-state index contributed by atoms with van der Waals surface area (Å²) in [5.74, 6) is 0. The van der Waals surface area contributed by atoms with Gasteiger partial charge in [-0.05, 0) is 19.8 Å². The third kappa shape index (κ3) is 23.6. The van der Waals surface area contributed by atoms with Crippen molar-refractivity contribution in [3.63, 3.8) is 0 Å². The zero-order chi connectivity index (χ0) is 12.6. The number of hydrogen-bond acceptors (Lipinski definition) is 2. The molecule has 0 saturated carbocycles. The quantitative estimate of drug-likeness (QED) is 0.592. The van der Waals surface area contributed by atoms with Gasteiger partial charge in [0.05, 0.1) is 6.10 Å². The van der Waals surface area contributed by atoms with Crippen molar-refractivity contribution in [2.45, 2.75) is 84.7 Å². The van der Waals surface area contributed by atoms with Gasteiger partial charge in [0.15, 0.2) is 0 Å². The highest BCUT2D eigenvalue weighted by molar-refractivity contribution is 4.45. The van der Waals surface area contributed by atoms with Crippen molar-refractivity contribution in [2.75, 3.05) is 6.61 Å². The summed E-state index contributed by atoms with van der Waals surface area (Å²) in [5.41, 5.74) is 0. The predicted molar refractivity (Wildman–Crippen MR) is 71.7 cm³/mol. The van der Waals surface area contributed by atoms with E-state index in [1.54, 1.807) is 0 Å². The molecule has 0 rings (SSSR count). The average molecular weight is 232 g/mol. The fourth-order valence-corrected chi connectivity index (χ4v) is 1.41. The fourth-order valence-electron chi connectivity index (χ4n) is 1.41. The standard InChI is InChI=1S/2C7H16O/c1-3-4-5-6-7(2)8;1-2-3-4-5-6-7-8/h7-8H,3-6H2,1-2H3;8H,2-7H2,1H3. The molecule has 0 heterocycles. The van der Waals surface area contributed by atoms with Gasteiger partial charge >= 0.3 is 0 Å². The molecule has 16 heavy (non-hydrogen) atoms. The molecule has 2 nitrogen and oxygen atoms in total. The third-order valence-electron chi connectivity index (χ3n) is 2.49. The lowest BCUT2D eigenvalue weighted by atomic mass is 10.1. The van der Waals surface area contributed by atoms with Crippen LogP contribution in [0.4, 0.5) is 0 Å². The van der Waals surface area contributed by atoms with Crippen LogP contribution >= 0.6 is 0 Å². The van der Waals surface area contributed by atoms with Gasteiger partial charge in [0.2, 0.25) is 0 Å². The maximum absolute atomic E-state index is 8.78. The van der Waals surface area contributed by atoms with Crippen molar-refractivity contribution in [2.24, 2.45) is 0 Å². The Balaban J connectivity index is 0. The predicted octanol–water partition coefficient (Wildman–Crippen LogP) is 3.90. The molecule has 0 aliphatic rings. The van der Waals surface area contributed by atoms with E-state index in [4.69, 9.17) is 10.2 Å². The maximum Gasteiger partial charge on any atom is 0.0512 e. The van der Waals surface area contributed by atoms with Gasteiger partial charge < -0.3 is 10.2 Å². The molecular formula is C14H32O2. The second-order valence-corrected chi connectivity index (χ2v) is 4.48. The zero-order valence-electron chi connectivity index (χ0n) is 11.5. The monoisotopic (exact) mass is 232 g/mol. The molecule has 0 aliphatic heterocycles. The molecular weight excluding hydrogens is 200 g/mol. The topological polar surface area (TPSA) is 40.5 Å². The van der Waals surface area contributed by atoms with Crippen LogP contribution < -0.4 is 0 Å².